The molecule has 3 aliphatic carbocycles. The van der Waals surface area contributed by atoms with E-state index in [2.05, 4.69) is 15.4 Å². The molecule has 0 aromatic carbocycles. The molecule has 0 radical (unpaired) electrons. The van der Waals surface area contributed by atoms with Crippen molar-refractivity contribution in [1.29, 1.82) is 0 Å². The minimum absolute atomic E-state index is 0.0158. The number of alkyl halides is 3. The van der Waals surface area contributed by atoms with Gasteiger partial charge in [-0.25, -0.2) is 4.98 Å². The molecule has 6 rings (SSSR count). The molecular formula is C23H23F3N6O3. The van der Waals surface area contributed by atoms with Gasteiger partial charge in [-0.05, 0) is 56.1 Å². The fraction of sp³-hybridized carbons (Fsp3) is 0.478. The molecule has 3 aliphatic rings. The Balaban J connectivity index is 1.07. The predicted molar refractivity (Wildman–Crippen MR) is 116 cm³/mol. The number of ether oxygens (including phenoxy) is 1. The molecule has 3 saturated carbocycles. The number of nitrogens with two attached hydrogens (primary N) is 1. The van der Waals surface area contributed by atoms with E-state index in [1.165, 1.54) is 18.3 Å². The molecular weight excluding hydrogens is 465 g/mol. The molecule has 9 nitrogen and oxygen atoms in total. The SMILES string of the molecule is NC(=O)c1cn(C2CC2)nc1OC1CC2(CC(NC(=O)c3nc(C(F)(F)F)n4ccccc34)C2)C1. The zero-order chi connectivity index (χ0) is 24.5. The van der Waals surface area contributed by atoms with E-state index < -0.39 is 23.8 Å². The normalized spacial score (nSPS) is 25.8. The molecule has 0 aliphatic heterocycles. The van der Waals surface area contributed by atoms with Gasteiger partial charge in [0.05, 0.1) is 11.6 Å². The molecule has 0 unspecified atom stereocenters. The Labute approximate surface area is 197 Å². The standard InChI is InChI=1S/C23H23F3N6O3/c24-23(25,26)21-29-17(16-3-1-2-6-31(16)21)19(34)28-12-7-22(8-12)9-14(10-22)35-20-15(18(27)33)11-32(30-20)13-4-5-13/h1-3,6,11-14H,4-5,7-10H2,(H2,27,33)(H,28,34). The summed E-state index contributed by atoms with van der Waals surface area (Å²) in [5.41, 5.74) is 5.63. The summed E-state index contributed by atoms with van der Waals surface area (Å²) in [6, 6.07) is 4.62. The lowest BCUT2D eigenvalue weighted by atomic mass is 9.53. The summed E-state index contributed by atoms with van der Waals surface area (Å²) in [6.07, 6.45) is 3.06. The van der Waals surface area contributed by atoms with Gasteiger partial charge in [0.2, 0.25) is 11.7 Å². The maximum Gasteiger partial charge on any atom is 0.450 e. The van der Waals surface area contributed by atoms with E-state index in [1.807, 2.05) is 0 Å². The van der Waals surface area contributed by atoms with Crippen LogP contribution < -0.4 is 15.8 Å². The van der Waals surface area contributed by atoms with Crippen LogP contribution in [0, 0.1) is 5.41 Å². The van der Waals surface area contributed by atoms with Crippen molar-refractivity contribution in [3.63, 3.8) is 0 Å². The van der Waals surface area contributed by atoms with Gasteiger partial charge >= 0.3 is 6.18 Å². The molecule has 1 spiro atoms. The van der Waals surface area contributed by atoms with Gasteiger partial charge < -0.3 is 15.8 Å². The quantitative estimate of drug-likeness (QED) is 0.553. The van der Waals surface area contributed by atoms with Crippen LogP contribution in [0.15, 0.2) is 30.6 Å². The summed E-state index contributed by atoms with van der Waals surface area (Å²) in [4.78, 5) is 28.1. The maximum absolute atomic E-state index is 13.3. The predicted octanol–water partition coefficient (Wildman–Crippen LogP) is 3.10. The van der Waals surface area contributed by atoms with E-state index in [0.717, 1.165) is 30.1 Å². The third kappa shape index (κ3) is 3.80. The number of nitrogens with one attached hydrogen (secondary N) is 1. The Morgan fingerprint density at radius 1 is 1.17 bits per heavy atom. The van der Waals surface area contributed by atoms with Crippen LogP contribution in [-0.2, 0) is 6.18 Å². The van der Waals surface area contributed by atoms with E-state index in [-0.39, 0.29) is 40.2 Å². The molecule has 0 bridgehead atoms. The van der Waals surface area contributed by atoms with E-state index in [9.17, 15) is 22.8 Å². The first-order valence-electron chi connectivity index (χ1n) is 11.5. The second kappa shape index (κ2) is 7.46. The van der Waals surface area contributed by atoms with Gasteiger partial charge in [0, 0.05) is 18.4 Å². The van der Waals surface area contributed by atoms with Gasteiger partial charge in [-0.15, -0.1) is 5.10 Å². The van der Waals surface area contributed by atoms with Gasteiger partial charge in [-0.2, -0.15) is 13.2 Å². The minimum atomic E-state index is -4.67. The number of pyridine rings is 1. The number of hydrogen-bond acceptors (Lipinski definition) is 5. The van der Waals surface area contributed by atoms with Crippen molar-refractivity contribution in [2.24, 2.45) is 11.1 Å². The van der Waals surface area contributed by atoms with Crippen molar-refractivity contribution in [2.75, 3.05) is 0 Å². The first kappa shape index (κ1) is 21.9. The summed E-state index contributed by atoms with van der Waals surface area (Å²) >= 11 is 0. The maximum atomic E-state index is 13.3. The second-order valence-electron chi connectivity index (χ2n) is 9.89. The lowest BCUT2D eigenvalue weighted by Crippen LogP contribution is -2.58. The highest BCUT2D eigenvalue weighted by Crippen LogP contribution is 2.57. The number of aromatic nitrogens is 4. The summed E-state index contributed by atoms with van der Waals surface area (Å²) in [7, 11) is 0. The largest absolute Gasteiger partial charge is 0.473 e. The molecule has 3 N–H and O–H groups in total. The molecule has 35 heavy (non-hydrogen) atoms. The molecule has 3 heterocycles. The first-order chi connectivity index (χ1) is 16.6. The van der Waals surface area contributed by atoms with Crippen molar-refractivity contribution in [2.45, 2.75) is 62.9 Å². The number of fused-ring (bicyclic) bond motifs is 1. The minimum Gasteiger partial charge on any atom is -0.473 e. The summed E-state index contributed by atoms with van der Waals surface area (Å²) < 4.78 is 48.6. The topological polar surface area (TPSA) is 117 Å². The zero-order valence-corrected chi connectivity index (χ0v) is 18.6. The molecule has 0 saturated heterocycles. The summed E-state index contributed by atoms with van der Waals surface area (Å²) in [5.74, 6) is -2.05. The monoisotopic (exact) mass is 488 g/mol. The van der Waals surface area contributed by atoms with Crippen molar-refractivity contribution in [3.05, 3.63) is 47.7 Å². The third-order valence-electron chi connectivity index (χ3n) is 7.20. The summed E-state index contributed by atoms with van der Waals surface area (Å²) in [5, 5.41) is 7.21. The molecule has 184 valence electrons. The number of amides is 2. The Bertz CT molecular complexity index is 1330. The number of halogens is 3. The van der Waals surface area contributed by atoms with Gasteiger partial charge in [-0.3, -0.25) is 18.7 Å². The highest BCUT2D eigenvalue weighted by atomic mass is 19.4. The highest BCUT2D eigenvalue weighted by Gasteiger charge is 2.54. The molecule has 3 aromatic heterocycles. The van der Waals surface area contributed by atoms with Crippen LogP contribution in [0.5, 0.6) is 5.88 Å². The van der Waals surface area contributed by atoms with Crippen molar-refractivity contribution in [1.82, 2.24) is 24.5 Å². The van der Waals surface area contributed by atoms with Crippen molar-refractivity contribution >= 4 is 17.3 Å². The van der Waals surface area contributed by atoms with Crippen LogP contribution in [0.2, 0.25) is 0 Å². The molecule has 3 aromatic rings. The number of imidazole rings is 1. The fourth-order valence-electron chi connectivity index (χ4n) is 5.38. The smallest absolute Gasteiger partial charge is 0.450 e. The van der Waals surface area contributed by atoms with E-state index in [4.69, 9.17) is 10.5 Å². The number of hydrogen-bond donors (Lipinski definition) is 2. The van der Waals surface area contributed by atoms with Crippen LogP contribution in [0.4, 0.5) is 13.2 Å². The number of carbonyl (C=O) groups excluding carboxylic acids is 2. The van der Waals surface area contributed by atoms with E-state index in [1.54, 1.807) is 16.9 Å². The third-order valence-corrected chi connectivity index (χ3v) is 7.20. The van der Waals surface area contributed by atoms with Crippen molar-refractivity contribution < 1.29 is 27.5 Å². The number of nitrogens with zero attached hydrogens (tertiary/aromatic N) is 4. The lowest BCUT2D eigenvalue weighted by Gasteiger charge is -2.57. The number of rotatable bonds is 6. The lowest BCUT2D eigenvalue weighted by molar-refractivity contribution is -0.145. The fourth-order valence-corrected chi connectivity index (χ4v) is 5.38. The molecule has 3 fully saturated rings. The van der Waals surface area contributed by atoms with Crippen molar-refractivity contribution in [3.8, 4) is 5.88 Å². The van der Waals surface area contributed by atoms with Gasteiger partial charge in [0.25, 0.3) is 11.8 Å². The Kier molecular flexibility index (Phi) is 4.68. The zero-order valence-electron chi connectivity index (χ0n) is 18.6. The second-order valence-corrected chi connectivity index (χ2v) is 9.89. The van der Waals surface area contributed by atoms with E-state index in [0.29, 0.717) is 18.9 Å². The van der Waals surface area contributed by atoms with Crippen LogP contribution in [0.3, 0.4) is 0 Å². The van der Waals surface area contributed by atoms with Crippen LogP contribution >= 0.6 is 0 Å². The number of primary amides is 1. The van der Waals surface area contributed by atoms with Gasteiger partial charge in [-0.1, -0.05) is 6.07 Å². The molecule has 0 atom stereocenters. The Morgan fingerprint density at radius 3 is 2.57 bits per heavy atom. The van der Waals surface area contributed by atoms with Crippen LogP contribution in [0.25, 0.3) is 5.52 Å². The Morgan fingerprint density at radius 2 is 1.91 bits per heavy atom. The molecule has 2 amide bonds. The first-order valence-corrected chi connectivity index (χ1v) is 11.5. The Hall–Kier alpha value is -3.57. The van der Waals surface area contributed by atoms with Crippen LogP contribution in [-0.4, -0.2) is 43.1 Å². The highest BCUT2D eigenvalue weighted by molar-refractivity contribution is 5.99. The number of carbonyl (C=O) groups is 2. The van der Waals surface area contributed by atoms with Gasteiger partial charge in [0.15, 0.2) is 5.69 Å². The van der Waals surface area contributed by atoms with Crippen LogP contribution in [0.1, 0.15) is 71.2 Å². The average Bonchev–Trinajstić information content (AvgIpc) is 3.37. The van der Waals surface area contributed by atoms with Gasteiger partial charge in [0.1, 0.15) is 11.7 Å². The average molecular weight is 488 g/mol. The van der Waals surface area contributed by atoms with E-state index >= 15 is 0 Å². The molecule has 12 heteroatoms. The summed E-state index contributed by atoms with van der Waals surface area (Å²) in [6.45, 7) is 0.